The second kappa shape index (κ2) is 13.5. The highest BCUT2D eigenvalue weighted by atomic mass is 16.7. The summed E-state index contributed by atoms with van der Waals surface area (Å²) >= 11 is 0. The van der Waals surface area contributed by atoms with E-state index in [0.29, 0.717) is 39.6 Å². The molecule has 12 heteroatoms. The number of hydrogen-bond donors (Lipinski definition) is 3. The topological polar surface area (TPSA) is 158 Å². The average Bonchev–Trinajstić information content (AvgIpc) is 3.41. The minimum atomic E-state index is -1.19. The van der Waals surface area contributed by atoms with E-state index in [9.17, 15) is 29.1 Å². The predicted octanol–water partition coefficient (Wildman–Crippen LogP) is 3.80. The molecule has 6 rings (SSSR count). The maximum atomic E-state index is 13.2. The zero-order chi connectivity index (χ0) is 34.8. The van der Waals surface area contributed by atoms with Crippen molar-refractivity contribution in [2.75, 3.05) is 21.1 Å². The summed E-state index contributed by atoms with van der Waals surface area (Å²) in [6, 6.07) is 22.3. The van der Waals surface area contributed by atoms with E-state index in [-0.39, 0.29) is 36.1 Å². The van der Waals surface area contributed by atoms with Gasteiger partial charge >= 0.3 is 11.9 Å². The average molecular weight is 662 g/mol. The first-order valence-corrected chi connectivity index (χ1v) is 15.5. The molecule has 0 unspecified atom stereocenters. The smallest absolute Gasteiger partial charge is 0.363 e. The zero-order valence-corrected chi connectivity index (χ0v) is 27.0. The maximum absolute atomic E-state index is 13.2. The number of fused-ring (bicyclic) bond motifs is 2. The Labute approximate surface area is 280 Å². The first kappa shape index (κ1) is 32.8. The Morgan fingerprint density at radius 3 is 2.18 bits per heavy atom. The molecule has 3 N–H and O–H groups in total. The number of carboxylic acid groups (broad SMARTS) is 1. The Morgan fingerprint density at radius 2 is 1.51 bits per heavy atom. The zero-order valence-electron chi connectivity index (χ0n) is 27.0. The fourth-order valence-corrected chi connectivity index (χ4v) is 5.72. The molecule has 1 fully saturated rings. The van der Waals surface area contributed by atoms with Gasteiger partial charge in [0.25, 0.3) is 17.7 Å². The molecule has 3 aromatic rings. The number of nitrogens with one attached hydrogen (secondary N) is 2. The van der Waals surface area contributed by atoms with Gasteiger partial charge in [-0.1, -0.05) is 30.3 Å². The number of carboxylic acids is 1. The van der Waals surface area contributed by atoms with Crippen molar-refractivity contribution in [2.45, 2.75) is 25.9 Å². The van der Waals surface area contributed by atoms with Crippen LogP contribution in [-0.2, 0) is 27.5 Å². The van der Waals surface area contributed by atoms with Crippen molar-refractivity contribution in [3.05, 3.63) is 112 Å². The quantitative estimate of drug-likeness (QED) is 0.121. The van der Waals surface area contributed by atoms with Gasteiger partial charge in [0.15, 0.2) is 0 Å². The number of nitrogens with zero attached hydrogens (tertiary/aromatic N) is 2. The molecule has 248 valence electrons. The summed E-state index contributed by atoms with van der Waals surface area (Å²) < 4.78 is 8.32. The molecule has 0 radical (unpaired) electrons. The molecule has 0 aromatic heterocycles. The second-order valence-corrected chi connectivity index (χ2v) is 11.8. The lowest BCUT2D eigenvalue weighted by molar-refractivity contribution is -0.172. The highest BCUT2D eigenvalue weighted by molar-refractivity contribution is 6.09. The van der Waals surface area contributed by atoms with Crippen LogP contribution < -0.4 is 20.6 Å². The molecule has 2 aliphatic heterocycles. The Balaban J connectivity index is 1.28. The SMILES string of the molecule is CNCc1ccc2c(-c3ccc(C(=O)NCc4ccc(C(=O)ON5C(=O)CCC5=O)cc4)cc3C(=O)O)c3ccc(=[N+](C)C)cc-3oc2c1. The predicted molar refractivity (Wildman–Crippen MR) is 179 cm³/mol. The lowest BCUT2D eigenvalue weighted by atomic mass is 9.89. The van der Waals surface area contributed by atoms with Crippen molar-refractivity contribution < 1.29 is 38.3 Å². The van der Waals surface area contributed by atoms with E-state index in [0.717, 1.165) is 21.9 Å². The van der Waals surface area contributed by atoms with E-state index in [1.54, 1.807) is 24.3 Å². The van der Waals surface area contributed by atoms with Gasteiger partial charge in [0.2, 0.25) is 5.36 Å². The summed E-state index contributed by atoms with van der Waals surface area (Å²) in [5, 5.41) is 18.4. The summed E-state index contributed by atoms with van der Waals surface area (Å²) in [5.41, 5.74) is 4.32. The summed E-state index contributed by atoms with van der Waals surface area (Å²) in [7, 11) is 5.71. The van der Waals surface area contributed by atoms with Crippen LogP contribution in [0.25, 0.3) is 33.4 Å². The molecule has 1 saturated heterocycles. The van der Waals surface area contributed by atoms with E-state index < -0.39 is 29.7 Å². The van der Waals surface area contributed by atoms with Gasteiger partial charge in [-0.2, -0.15) is 0 Å². The minimum Gasteiger partial charge on any atom is -0.478 e. The first-order chi connectivity index (χ1) is 23.5. The van der Waals surface area contributed by atoms with Crippen LogP contribution in [0.1, 0.15) is 55.0 Å². The molecule has 3 amide bonds. The standard InChI is InChI=1S/C37H32N4O8/c1-38-19-22-6-11-27-30(16-22)48-31-18-25(40(2)3)10-13-28(31)34(27)26-12-9-24(17-29(26)36(45)46)35(44)39-20-21-4-7-23(8-5-21)37(47)49-41-32(42)14-15-33(41)43/h4-13,16-18,38H,14-15,19-20H2,1-3H3,(H-,39,44,45,46)/p+1. The van der Waals surface area contributed by atoms with Crippen LogP contribution in [0.15, 0.2) is 83.3 Å². The Kier molecular flexibility index (Phi) is 9.06. The number of hydrogen-bond acceptors (Lipinski definition) is 8. The maximum Gasteiger partial charge on any atom is 0.363 e. The van der Waals surface area contributed by atoms with Crippen LogP contribution in [-0.4, -0.2) is 61.0 Å². The Hall–Kier alpha value is -6.14. The molecule has 1 aliphatic carbocycles. The minimum absolute atomic E-state index is 0.00642. The fraction of sp³-hybridized carbons (Fsp3) is 0.189. The lowest BCUT2D eigenvalue weighted by Gasteiger charge is -2.18. The van der Waals surface area contributed by atoms with Gasteiger partial charge in [-0.3, -0.25) is 14.4 Å². The molecule has 49 heavy (non-hydrogen) atoms. The van der Waals surface area contributed by atoms with Crippen molar-refractivity contribution >= 4 is 40.6 Å². The van der Waals surface area contributed by atoms with Gasteiger partial charge in [-0.15, -0.1) is 5.06 Å². The van der Waals surface area contributed by atoms with Crippen LogP contribution in [0.2, 0.25) is 0 Å². The normalized spacial score (nSPS) is 12.8. The number of carbonyl (C=O) groups excluding carboxylic acids is 4. The summed E-state index contributed by atoms with van der Waals surface area (Å²) in [6.45, 7) is 0.709. The fourth-order valence-electron chi connectivity index (χ4n) is 5.72. The third-order valence-electron chi connectivity index (χ3n) is 8.27. The molecular weight excluding hydrogens is 628 g/mol. The van der Waals surface area contributed by atoms with Crippen molar-refractivity contribution in [1.82, 2.24) is 20.3 Å². The number of benzene rings is 4. The Bertz CT molecular complexity index is 2180. The number of amides is 3. The van der Waals surface area contributed by atoms with Crippen LogP contribution in [0.3, 0.4) is 0 Å². The highest BCUT2D eigenvalue weighted by Crippen LogP contribution is 2.41. The largest absolute Gasteiger partial charge is 0.478 e. The van der Waals surface area contributed by atoms with Crippen LogP contribution in [0.5, 0.6) is 0 Å². The lowest BCUT2D eigenvalue weighted by Crippen LogP contribution is -2.32. The number of carbonyl (C=O) groups is 5. The van der Waals surface area contributed by atoms with Crippen LogP contribution in [0, 0.1) is 0 Å². The van der Waals surface area contributed by atoms with E-state index in [2.05, 4.69) is 10.6 Å². The molecule has 0 spiro atoms. The van der Waals surface area contributed by atoms with Gasteiger partial charge in [0, 0.05) is 54.1 Å². The molecule has 3 aliphatic rings. The molecule has 0 atom stereocenters. The molecule has 2 heterocycles. The molecular formula is C37H33N4O8+. The summed E-state index contributed by atoms with van der Waals surface area (Å²) in [6.07, 6.45) is -0.0128. The summed E-state index contributed by atoms with van der Waals surface area (Å²) in [4.78, 5) is 66.7. The summed E-state index contributed by atoms with van der Waals surface area (Å²) in [5.74, 6) is -3.10. The Morgan fingerprint density at radius 1 is 0.837 bits per heavy atom. The molecule has 12 nitrogen and oxygen atoms in total. The molecule has 3 aromatic carbocycles. The number of rotatable bonds is 9. The number of aromatic carboxylic acids is 1. The molecule has 0 bridgehead atoms. The third-order valence-corrected chi connectivity index (χ3v) is 8.27. The molecule has 0 saturated carbocycles. The third kappa shape index (κ3) is 6.67. The van der Waals surface area contributed by atoms with Crippen LogP contribution >= 0.6 is 0 Å². The van der Waals surface area contributed by atoms with Gasteiger partial charge in [-0.25, -0.2) is 14.2 Å². The van der Waals surface area contributed by atoms with Crippen molar-refractivity contribution in [3.8, 4) is 22.5 Å². The highest BCUT2D eigenvalue weighted by Gasteiger charge is 2.33. The van der Waals surface area contributed by atoms with Crippen molar-refractivity contribution in [2.24, 2.45) is 0 Å². The van der Waals surface area contributed by atoms with Gasteiger partial charge in [-0.05, 0) is 60.1 Å². The van der Waals surface area contributed by atoms with E-state index >= 15 is 0 Å². The number of imide groups is 1. The number of hydroxylamine groups is 2. The van der Waals surface area contributed by atoms with E-state index in [1.165, 1.54) is 18.2 Å². The van der Waals surface area contributed by atoms with Crippen LogP contribution in [0.4, 0.5) is 0 Å². The van der Waals surface area contributed by atoms with Gasteiger partial charge in [0.05, 0.1) is 17.2 Å². The van der Waals surface area contributed by atoms with Gasteiger partial charge < -0.3 is 25.0 Å². The van der Waals surface area contributed by atoms with Gasteiger partial charge in [0.1, 0.15) is 25.4 Å². The second-order valence-electron chi connectivity index (χ2n) is 11.8. The first-order valence-electron chi connectivity index (χ1n) is 15.5. The van der Waals surface area contributed by atoms with E-state index in [1.807, 2.05) is 62.1 Å². The van der Waals surface area contributed by atoms with Crippen molar-refractivity contribution in [3.63, 3.8) is 0 Å². The van der Waals surface area contributed by atoms with E-state index in [4.69, 9.17) is 9.25 Å². The monoisotopic (exact) mass is 661 g/mol. The van der Waals surface area contributed by atoms with Crippen molar-refractivity contribution in [1.29, 1.82) is 0 Å².